The third kappa shape index (κ3) is 3.70. The monoisotopic (exact) mass is 243 g/mol. The molecule has 0 aromatic carbocycles. The lowest BCUT2D eigenvalue weighted by Gasteiger charge is -2.24. The molecule has 0 bridgehead atoms. The van der Waals surface area contributed by atoms with E-state index in [4.69, 9.17) is 9.84 Å². The number of carboxylic acids is 1. The molecular weight excluding hydrogens is 222 g/mol. The Labute approximate surface area is 102 Å². The van der Waals surface area contributed by atoms with Gasteiger partial charge >= 0.3 is 5.97 Å². The third-order valence-corrected chi connectivity index (χ3v) is 3.41. The highest BCUT2D eigenvalue weighted by Crippen LogP contribution is 2.32. The lowest BCUT2D eigenvalue weighted by Crippen LogP contribution is -2.43. The zero-order valence-corrected chi connectivity index (χ0v) is 10.7. The fraction of sp³-hybridized carbons (Fsp3) is 0.833. The van der Waals surface area contributed by atoms with Crippen LogP contribution in [0.4, 0.5) is 0 Å². The van der Waals surface area contributed by atoms with E-state index >= 15 is 0 Å². The van der Waals surface area contributed by atoms with Gasteiger partial charge < -0.3 is 15.2 Å². The van der Waals surface area contributed by atoms with E-state index in [9.17, 15) is 9.59 Å². The summed E-state index contributed by atoms with van der Waals surface area (Å²) in [5.41, 5.74) is -0.424. The van der Waals surface area contributed by atoms with E-state index in [2.05, 4.69) is 5.32 Å². The highest BCUT2D eigenvalue weighted by Gasteiger charge is 2.37. The van der Waals surface area contributed by atoms with Gasteiger partial charge in [0.25, 0.3) is 0 Å². The van der Waals surface area contributed by atoms with Crippen molar-refractivity contribution in [3.05, 3.63) is 0 Å². The van der Waals surface area contributed by atoms with Crippen LogP contribution in [0.3, 0.4) is 0 Å². The van der Waals surface area contributed by atoms with Crippen LogP contribution in [0.2, 0.25) is 0 Å². The molecule has 2 unspecified atom stereocenters. The highest BCUT2D eigenvalue weighted by molar-refractivity contribution is 5.85. The largest absolute Gasteiger partial charge is 0.481 e. The summed E-state index contributed by atoms with van der Waals surface area (Å²) >= 11 is 0. The lowest BCUT2D eigenvalue weighted by molar-refractivity contribution is -0.146. The predicted molar refractivity (Wildman–Crippen MR) is 62.6 cm³/mol. The second-order valence-electron chi connectivity index (χ2n) is 5.16. The molecule has 98 valence electrons. The van der Waals surface area contributed by atoms with E-state index < -0.39 is 17.5 Å². The maximum atomic E-state index is 11.9. The van der Waals surface area contributed by atoms with Crippen LogP contribution >= 0.6 is 0 Å². The van der Waals surface area contributed by atoms with Crippen molar-refractivity contribution in [1.82, 2.24) is 5.32 Å². The molecule has 1 aliphatic rings. The van der Waals surface area contributed by atoms with E-state index in [1.54, 1.807) is 7.11 Å². The summed E-state index contributed by atoms with van der Waals surface area (Å²) in [6.07, 6.45) is 2.07. The molecule has 0 heterocycles. The van der Waals surface area contributed by atoms with E-state index in [-0.39, 0.29) is 11.8 Å². The van der Waals surface area contributed by atoms with Crippen LogP contribution < -0.4 is 5.32 Å². The number of rotatable bonds is 5. The van der Waals surface area contributed by atoms with Crippen molar-refractivity contribution in [2.45, 2.75) is 38.7 Å². The van der Waals surface area contributed by atoms with E-state index in [0.717, 1.165) is 6.42 Å². The number of carboxylic acid groups (broad SMARTS) is 1. The maximum absolute atomic E-state index is 11.9. The summed E-state index contributed by atoms with van der Waals surface area (Å²) in [5, 5.41) is 11.8. The lowest BCUT2D eigenvalue weighted by atomic mass is 9.95. The molecule has 0 saturated heterocycles. The SMILES string of the molecule is COC(C)(C)CNC(=O)C1CCCC1C(=O)O. The average Bonchev–Trinajstić information content (AvgIpc) is 2.75. The average molecular weight is 243 g/mol. The second kappa shape index (κ2) is 5.49. The number of ether oxygens (including phenoxy) is 1. The minimum absolute atomic E-state index is 0.167. The maximum Gasteiger partial charge on any atom is 0.307 e. The molecule has 0 aliphatic heterocycles. The number of hydrogen-bond donors (Lipinski definition) is 2. The van der Waals surface area contributed by atoms with Gasteiger partial charge in [-0.1, -0.05) is 6.42 Å². The van der Waals surface area contributed by atoms with Crippen molar-refractivity contribution in [1.29, 1.82) is 0 Å². The Balaban J connectivity index is 2.50. The Kier molecular flexibility index (Phi) is 4.51. The number of nitrogens with one attached hydrogen (secondary N) is 1. The summed E-state index contributed by atoms with van der Waals surface area (Å²) in [7, 11) is 1.59. The van der Waals surface area contributed by atoms with Gasteiger partial charge in [0, 0.05) is 13.7 Å². The van der Waals surface area contributed by atoms with Gasteiger partial charge in [0.2, 0.25) is 5.91 Å². The summed E-state index contributed by atoms with van der Waals surface area (Å²) in [6, 6.07) is 0. The van der Waals surface area contributed by atoms with Crippen LogP contribution in [0.5, 0.6) is 0 Å². The molecule has 17 heavy (non-hydrogen) atoms. The number of hydrogen-bond acceptors (Lipinski definition) is 3. The molecule has 0 aromatic rings. The molecule has 2 atom stereocenters. The topological polar surface area (TPSA) is 75.6 Å². The molecule has 1 amide bonds. The summed E-state index contributed by atoms with van der Waals surface area (Å²) in [5.74, 6) is -1.95. The molecule has 0 aromatic heterocycles. The Bertz CT molecular complexity index is 301. The fourth-order valence-electron chi connectivity index (χ4n) is 2.07. The van der Waals surface area contributed by atoms with E-state index in [0.29, 0.717) is 19.4 Å². The van der Waals surface area contributed by atoms with Crippen LogP contribution in [0.25, 0.3) is 0 Å². The van der Waals surface area contributed by atoms with Crippen molar-refractivity contribution in [2.24, 2.45) is 11.8 Å². The summed E-state index contributed by atoms with van der Waals surface area (Å²) < 4.78 is 5.19. The van der Waals surface area contributed by atoms with Gasteiger partial charge in [-0.25, -0.2) is 0 Å². The third-order valence-electron chi connectivity index (χ3n) is 3.41. The molecule has 1 saturated carbocycles. The summed E-state index contributed by atoms with van der Waals surface area (Å²) in [4.78, 5) is 22.9. The molecule has 1 aliphatic carbocycles. The van der Waals surface area contributed by atoms with Gasteiger partial charge in [-0.2, -0.15) is 0 Å². The highest BCUT2D eigenvalue weighted by atomic mass is 16.5. The standard InChI is InChI=1S/C12H21NO4/c1-12(2,17-3)7-13-10(14)8-5-4-6-9(8)11(15)16/h8-9H,4-7H2,1-3H3,(H,13,14)(H,15,16). The molecule has 2 N–H and O–H groups in total. The van der Waals surface area contributed by atoms with Crippen LogP contribution in [0.15, 0.2) is 0 Å². The molecule has 1 fully saturated rings. The first-order chi connectivity index (χ1) is 7.87. The van der Waals surface area contributed by atoms with Gasteiger partial charge in [0.1, 0.15) is 0 Å². The molecule has 0 spiro atoms. The normalized spacial score (nSPS) is 24.6. The van der Waals surface area contributed by atoms with Crippen molar-refractivity contribution < 1.29 is 19.4 Å². The first-order valence-corrected chi connectivity index (χ1v) is 5.93. The Hall–Kier alpha value is -1.10. The van der Waals surface area contributed by atoms with E-state index in [1.807, 2.05) is 13.8 Å². The first kappa shape index (κ1) is 14.0. The Morgan fingerprint density at radius 2 is 1.94 bits per heavy atom. The molecule has 5 nitrogen and oxygen atoms in total. The van der Waals surface area contributed by atoms with Crippen LogP contribution in [-0.4, -0.2) is 36.2 Å². The van der Waals surface area contributed by atoms with E-state index in [1.165, 1.54) is 0 Å². The molecule has 5 heteroatoms. The number of carbonyl (C=O) groups excluding carboxylic acids is 1. The number of aliphatic carboxylic acids is 1. The smallest absolute Gasteiger partial charge is 0.307 e. The van der Waals surface area contributed by atoms with Crippen molar-refractivity contribution in [3.63, 3.8) is 0 Å². The summed E-state index contributed by atoms with van der Waals surface area (Å²) in [6.45, 7) is 4.14. The Morgan fingerprint density at radius 1 is 1.35 bits per heavy atom. The molecule has 0 radical (unpaired) electrons. The quantitative estimate of drug-likeness (QED) is 0.756. The fourth-order valence-corrected chi connectivity index (χ4v) is 2.07. The van der Waals surface area contributed by atoms with Crippen LogP contribution in [0.1, 0.15) is 33.1 Å². The zero-order valence-electron chi connectivity index (χ0n) is 10.7. The van der Waals surface area contributed by atoms with Crippen LogP contribution in [-0.2, 0) is 14.3 Å². The minimum atomic E-state index is -0.867. The van der Waals surface area contributed by atoms with Gasteiger partial charge in [-0.3, -0.25) is 9.59 Å². The van der Waals surface area contributed by atoms with Gasteiger partial charge in [-0.05, 0) is 26.7 Å². The van der Waals surface area contributed by atoms with Gasteiger partial charge in [0.15, 0.2) is 0 Å². The van der Waals surface area contributed by atoms with Crippen LogP contribution in [0, 0.1) is 11.8 Å². The number of amides is 1. The van der Waals surface area contributed by atoms with Gasteiger partial charge in [0.05, 0.1) is 17.4 Å². The van der Waals surface area contributed by atoms with Crippen molar-refractivity contribution in [2.75, 3.05) is 13.7 Å². The first-order valence-electron chi connectivity index (χ1n) is 5.93. The zero-order chi connectivity index (χ0) is 13.1. The van der Waals surface area contributed by atoms with Gasteiger partial charge in [-0.15, -0.1) is 0 Å². The minimum Gasteiger partial charge on any atom is -0.481 e. The number of methoxy groups -OCH3 is 1. The number of carbonyl (C=O) groups is 2. The van der Waals surface area contributed by atoms with Crippen molar-refractivity contribution >= 4 is 11.9 Å². The molecule has 1 rings (SSSR count). The second-order valence-corrected chi connectivity index (χ2v) is 5.16. The Morgan fingerprint density at radius 3 is 2.47 bits per heavy atom. The van der Waals surface area contributed by atoms with Crippen molar-refractivity contribution in [3.8, 4) is 0 Å². The predicted octanol–water partition coefficient (Wildman–Crippen LogP) is 1.03. The molecular formula is C12H21NO4.